The van der Waals surface area contributed by atoms with Gasteiger partial charge in [-0.2, -0.15) is 0 Å². The monoisotopic (exact) mass is 315 g/mol. The van der Waals surface area contributed by atoms with Gasteiger partial charge in [-0.1, -0.05) is 18.2 Å². The largest absolute Gasteiger partial charge is 0.478 e. The summed E-state index contributed by atoms with van der Waals surface area (Å²) in [5.41, 5.74) is 2.17. The first-order valence-corrected chi connectivity index (χ1v) is 8.17. The Labute approximate surface area is 130 Å². The van der Waals surface area contributed by atoms with Gasteiger partial charge in [-0.05, 0) is 35.0 Å². The second-order valence-electron chi connectivity index (χ2n) is 4.48. The van der Waals surface area contributed by atoms with E-state index in [0.717, 1.165) is 0 Å². The molecular formula is C16H13NO2S2. The molecule has 1 aromatic carbocycles. The zero-order valence-corrected chi connectivity index (χ0v) is 12.7. The molecular weight excluding hydrogens is 302 g/mol. The molecule has 0 fully saturated rings. The minimum atomic E-state index is -0.913. The van der Waals surface area contributed by atoms with Crippen molar-refractivity contribution in [2.75, 3.05) is 5.32 Å². The molecule has 0 amide bonds. The van der Waals surface area contributed by atoms with Crippen LogP contribution >= 0.6 is 22.7 Å². The molecule has 0 atom stereocenters. The standard InChI is InChI=1S/C16H13NO2S2/c18-16(19)13-4-1-2-5-14(13)17-9-12-8-11(10-21-12)15-6-3-7-20-15/h1-8,10,17H,9H2,(H,18,19). The Morgan fingerprint density at radius 2 is 2.00 bits per heavy atom. The van der Waals surface area contributed by atoms with Gasteiger partial charge in [0.1, 0.15) is 0 Å². The number of nitrogens with one attached hydrogen (secondary N) is 1. The predicted octanol–water partition coefficient (Wildman–Crippen LogP) is 4.79. The molecule has 0 bridgehead atoms. The average Bonchev–Trinajstić information content (AvgIpc) is 3.16. The fraction of sp³-hybridized carbons (Fsp3) is 0.0625. The van der Waals surface area contributed by atoms with Crippen LogP contribution in [0.5, 0.6) is 0 Å². The van der Waals surface area contributed by atoms with Crippen molar-refractivity contribution < 1.29 is 9.90 Å². The van der Waals surface area contributed by atoms with Gasteiger partial charge in [0, 0.05) is 27.5 Å². The third-order valence-electron chi connectivity index (χ3n) is 3.07. The zero-order chi connectivity index (χ0) is 14.7. The predicted molar refractivity (Wildman–Crippen MR) is 88.4 cm³/mol. The van der Waals surface area contributed by atoms with Gasteiger partial charge in [-0.3, -0.25) is 0 Å². The third kappa shape index (κ3) is 3.15. The summed E-state index contributed by atoms with van der Waals surface area (Å²) in [7, 11) is 0. The number of hydrogen-bond donors (Lipinski definition) is 2. The molecule has 0 aliphatic rings. The lowest BCUT2D eigenvalue weighted by molar-refractivity contribution is 0.0698. The molecule has 3 rings (SSSR count). The maximum absolute atomic E-state index is 11.2. The summed E-state index contributed by atoms with van der Waals surface area (Å²) in [6, 6.07) is 13.2. The summed E-state index contributed by atoms with van der Waals surface area (Å²) in [6.07, 6.45) is 0. The van der Waals surface area contributed by atoms with Crippen molar-refractivity contribution in [3.05, 3.63) is 63.7 Å². The first-order valence-electron chi connectivity index (χ1n) is 6.41. The smallest absolute Gasteiger partial charge is 0.337 e. The van der Waals surface area contributed by atoms with Crippen molar-refractivity contribution in [3.63, 3.8) is 0 Å². The van der Waals surface area contributed by atoms with Crippen LogP contribution in [0.25, 0.3) is 10.4 Å². The van der Waals surface area contributed by atoms with Crippen molar-refractivity contribution in [1.29, 1.82) is 0 Å². The normalized spacial score (nSPS) is 10.5. The van der Waals surface area contributed by atoms with E-state index in [2.05, 4.69) is 28.2 Å². The Morgan fingerprint density at radius 1 is 1.14 bits per heavy atom. The van der Waals surface area contributed by atoms with Crippen LogP contribution in [0.4, 0.5) is 5.69 Å². The Balaban J connectivity index is 1.73. The molecule has 0 aliphatic carbocycles. The minimum absolute atomic E-state index is 0.299. The minimum Gasteiger partial charge on any atom is -0.478 e. The number of rotatable bonds is 5. The fourth-order valence-corrected chi connectivity index (χ4v) is 3.66. The number of carboxylic acids is 1. The highest BCUT2D eigenvalue weighted by molar-refractivity contribution is 7.14. The van der Waals surface area contributed by atoms with Crippen LogP contribution in [-0.2, 0) is 6.54 Å². The molecule has 21 heavy (non-hydrogen) atoms. The van der Waals surface area contributed by atoms with E-state index in [1.807, 2.05) is 12.1 Å². The number of anilines is 1. The van der Waals surface area contributed by atoms with Crippen molar-refractivity contribution in [2.45, 2.75) is 6.54 Å². The number of carbonyl (C=O) groups is 1. The summed E-state index contributed by atoms with van der Waals surface area (Å²) in [5.74, 6) is -0.913. The maximum atomic E-state index is 11.2. The lowest BCUT2D eigenvalue weighted by Gasteiger charge is -2.07. The fourth-order valence-electron chi connectivity index (χ4n) is 2.05. The molecule has 0 saturated heterocycles. The molecule has 0 spiro atoms. The molecule has 0 aliphatic heterocycles. The van der Waals surface area contributed by atoms with Crippen LogP contribution in [-0.4, -0.2) is 11.1 Å². The summed E-state index contributed by atoms with van der Waals surface area (Å²) >= 11 is 3.40. The van der Waals surface area contributed by atoms with Gasteiger partial charge in [-0.15, -0.1) is 22.7 Å². The third-order valence-corrected chi connectivity index (χ3v) is 4.93. The molecule has 0 saturated carbocycles. The highest BCUT2D eigenvalue weighted by Gasteiger charge is 2.09. The highest BCUT2D eigenvalue weighted by atomic mass is 32.1. The number of hydrogen-bond acceptors (Lipinski definition) is 4. The summed E-state index contributed by atoms with van der Waals surface area (Å²) in [5, 5.41) is 16.6. The second kappa shape index (κ2) is 6.11. The Hall–Kier alpha value is -2.11. The lowest BCUT2D eigenvalue weighted by Crippen LogP contribution is -2.05. The number of carboxylic acid groups (broad SMARTS) is 1. The summed E-state index contributed by atoms with van der Waals surface area (Å²) < 4.78 is 0. The second-order valence-corrected chi connectivity index (χ2v) is 6.43. The van der Waals surface area contributed by atoms with Crippen LogP contribution in [0.1, 0.15) is 15.2 Å². The van der Waals surface area contributed by atoms with Crippen LogP contribution in [0, 0.1) is 0 Å². The Morgan fingerprint density at radius 3 is 2.76 bits per heavy atom. The van der Waals surface area contributed by atoms with E-state index in [0.29, 0.717) is 17.8 Å². The molecule has 0 radical (unpaired) electrons. The quantitative estimate of drug-likeness (QED) is 0.712. The van der Waals surface area contributed by atoms with E-state index in [1.54, 1.807) is 40.9 Å². The van der Waals surface area contributed by atoms with E-state index in [-0.39, 0.29) is 0 Å². The SMILES string of the molecule is O=C(O)c1ccccc1NCc1cc(-c2cccs2)cs1. The molecule has 5 heteroatoms. The molecule has 0 unspecified atom stereocenters. The van der Waals surface area contributed by atoms with E-state index >= 15 is 0 Å². The number of benzene rings is 1. The van der Waals surface area contributed by atoms with Crippen LogP contribution in [0.2, 0.25) is 0 Å². The molecule has 3 nitrogen and oxygen atoms in total. The van der Waals surface area contributed by atoms with Crippen LogP contribution in [0.3, 0.4) is 0 Å². The van der Waals surface area contributed by atoms with Gasteiger partial charge < -0.3 is 10.4 Å². The van der Waals surface area contributed by atoms with Gasteiger partial charge >= 0.3 is 5.97 Å². The van der Waals surface area contributed by atoms with Crippen molar-refractivity contribution in [2.24, 2.45) is 0 Å². The van der Waals surface area contributed by atoms with Crippen molar-refractivity contribution in [3.8, 4) is 10.4 Å². The molecule has 2 aromatic heterocycles. The highest BCUT2D eigenvalue weighted by Crippen LogP contribution is 2.29. The van der Waals surface area contributed by atoms with E-state index in [4.69, 9.17) is 5.11 Å². The first kappa shape index (κ1) is 13.9. The summed E-state index contributed by atoms with van der Waals surface area (Å²) in [6.45, 7) is 0.625. The number of thiophene rings is 2. The van der Waals surface area contributed by atoms with Crippen molar-refractivity contribution in [1.82, 2.24) is 0 Å². The van der Waals surface area contributed by atoms with E-state index in [9.17, 15) is 4.79 Å². The van der Waals surface area contributed by atoms with Crippen LogP contribution < -0.4 is 5.32 Å². The Kier molecular flexibility index (Phi) is 4.03. The molecule has 3 aromatic rings. The van der Waals surface area contributed by atoms with Gasteiger partial charge in [0.2, 0.25) is 0 Å². The topological polar surface area (TPSA) is 49.3 Å². The Bertz CT molecular complexity index is 747. The lowest BCUT2D eigenvalue weighted by atomic mass is 10.2. The zero-order valence-electron chi connectivity index (χ0n) is 11.1. The maximum Gasteiger partial charge on any atom is 0.337 e. The van der Waals surface area contributed by atoms with Gasteiger partial charge in [0.05, 0.1) is 5.56 Å². The molecule has 2 N–H and O–H groups in total. The van der Waals surface area contributed by atoms with E-state index in [1.165, 1.54) is 15.3 Å². The molecule has 106 valence electrons. The van der Waals surface area contributed by atoms with Gasteiger partial charge in [-0.25, -0.2) is 4.79 Å². The first-order chi connectivity index (χ1) is 10.2. The number of para-hydroxylation sites is 1. The van der Waals surface area contributed by atoms with E-state index < -0.39 is 5.97 Å². The number of aromatic carboxylic acids is 1. The summed E-state index contributed by atoms with van der Waals surface area (Å²) in [4.78, 5) is 13.6. The average molecular weight is 315 g/mol. The molecule has 2 heterocycles. The van der Waals surface area contributed by atoms with Gasteiger partial charge in [0.15, 0.2) is 0 Å². The van der Waals surface area contributed by atoms with Gasteiger partial charge in [0.25, 0.3) is 0 Å². The van der Waals surface area contributed by atoms with Crippen LogP contribution in [0.15, 0.2) is 53.2 Å². The van der Waals surface area contributed by atoms with Crippen molar-refractivity contribution >= 4 is 34.3 Å².